The van der Waals surface area contributed by atoms with Crippen LogP contribution in [-0.2, 0) is 25.3 Å². The Balaban J connectivity index is 1.71. The van der Waals surface area contributed by atoms with Gasteiger partial charge in [0.25, 0.3) is 0 Å². The van der Waals surface area contributed by atoms with Gasteiger partial charge in [-0.1, -0.05) is 57.4 Å². The first-order valence-corrected chi connectivity index (χ1v) is 16.1. The maximum atomic E-state index is 12.6. The van der Waals surface area contributed by atoms with E-state index in [-0.39, 0.29) is 34.2 Å². The number of aromatic hydroxyl groups is 2. The summed E-state index contributed by atoms with van der Waals surface area (Å²) in [4.78, 5) is 0. The molecule has 1 unspecified atom stereocenters. The highest BCUT2D eigenvalue weighted by atomic mass is 32.3. The Labute approximate surface area is 242 Å². The number of phenolic OH excluding ortho intramolecular Hbond substituents is 2. The topological polar surface area (TPSA) is 105 Å². The number of hydrogen-bond acceptors (Lipinski definition) is 7. The monoisotopic (exact) mass is 577 g/mol. The van der Waals surface area contributed by atoms with Crippen molar-refractivity contribution in [3.05, 3.63) is 47.1 Å². The van der Waals surface area contributed by atoms with Crippen LogP contribution in [0.3, 0.4) is 0 Å². The van der Waals surface area contributed by atoms with Gasteiger partial charge in [0, 0.05) is 12.6 Å². The quantitative estimate of drug-likeness (QED) is 0.128. The van der Waals surface area contributed by atoms with Gasteiger partial charge in [0.15, 0.2) is 0 Å². The third-order valence-corrected chi connectivity index (χ3v) is 10.6. The molecule has 0 heterocycles. The molecule has 5 atom stereocenters. The third-order valence-electron chi connectivity index (χ3n) is 9.79. The van der Waals surface area contributed by atoms with Crippen molar-refractivity contribution in [2.24, 2.45) is 28.6 Å². The van der Waals surface area contributed by atoms with Crippen molar-refractivity contribution >= 4 is 10.4 Å². The summed E-state index contributed by atoms with van der Waals surface area (Å²) in [5.41, 5.74) is 5.83. The molecule has 1 fully saturated rings. The number of hydrogen-bond donors (Lipinski definition) is 3. The van der Waals surface area contributed by atoms with Gasteiger partial charge in [-0.2, -0.15) is 18.2 Å². The molecular formula is C32H51NO6S. The van der Waals surface area contributed by atoms with Crippen molar-refractivity contribution in [1.82, 2.24) is 5.48 Å². The van der Waals surface area contributed by atoms with Gasteiger partial charge in [0.05, 0.1) is 6.10 Å². The van der Waals surface area contributed by atoms with Crippen molar-refractivity contribution in [3.63, 3.8) is 0 Å². The fourth-order valence-electron chi connectivity index (χ4n) is 7.47. The van der Waals surface area contributed by atoms with Gasteiger partial charge in [-0.05, 0) is 112 Å². The van der Waals surface area contributed by atoms with Crippen molar-refractivity contribution in [1.29, 1.82) is 0 Å². The number of benzene rings is 1. The molecule has 0 amide bonds. The minimum atomic E-state index is -4.19. The van der Waals surface area contributed by atoms with Crippen molar-refractivity contribution in [3.8, 4) is 11.5 Å². The molecule has 3 rings (SSSR count). The SMILES string of the molecule is CNOS(=O)(=O)O[C@@H](C[C@H]1C(C)=CCC2C(C)(C)CCC[C@@]21C)[C@H](C)CCC/C(C)=C/Cc1cc(O)ccc1O. The highest BCUT2D eigenvalue weighted by Gasteiger charge is 2.52. The molecule has 1 aromatic carbocycles. The normalized spacial score (nSPS) is 26.6. The molecule has 0 aromatic heterocycles. The molecule has 1 aromatic rings. The summed E-state index contributed by atoms with van der Waals surface area (Å²) in [7, 11) is -2.78. The zero-order chi connectivity index (χ0) is 29.7. The Bertz CT molecular complexity index is 1170. The second-order valence-electron chi connectivity index (χ2n) is 13.1. The van der Waals surface area contributed by atoms with Gasteiger partial charge >= 0.3 is 10.4 Å². The van der Waals surface area contributed by atoms with Gasteiger partial charge in [-0.3, -0.25) is 0 Å². The Kier molecular flexibility index (Phi) is 10.9. The van der Waals surface area contributed by atoms with Crippen molar-refractivity contribution in [2.45, 2.75) is 105 Å². The van der Waals surface area contributed by atoms with E-state index in [0.29, 0.717) is 24.3 Å². The zero-order valence-corrected chi connectivity index (χ0v) is 26.3. The van der Waals surface area contributed by atoms with E-state index in [0.717, 1.165) is 32.1 Å². The van der Waals surface area contributed by atoms with Crippen LogP contribution in [0.2, 0.25) is 0 Å². The second kappa shape index (κ2) is 13.4. The second-order valence-corrected chi connectivity index (χ2v) is 14.3. The number of allylic oxidation sites excluding steroid dienone is 4. The molecule has 7 nitrogen and oxygen atoms in total. The third kappa shape index (κ3) is 8.11. The fraction of sp³-hybridized carbons (Fsp3) is 0.688. The minimum Gasteiger partial charge on any atom is -0.508 e. The molecule has 1 saturated carbocycles. The first-order chi connectivity index (χ1) is 18.7. The van der Waals surface area contributed by atoms with E-state index in [9.17, 15) is 18.6 Å². The number of rotatable bonds is 13. The molecule has 2 aliphatic rings. The maximum absolute atomic E-state index is 12.6. The molecule has 0 aliphatic heterocycles. The summed E-state index contributed by atoms with van der Waals surface area (Å²) >= 11 is 0. The number of hydroxylamine groups is 1. The standard InChI is InChI=1S/C32H51NO6S/c1-22(12-14-25-20-26(34)15-16-28(25)35)10-8-11-24(3)29(38-40(36,37)39-33-7)21-27-23(2)13-17-30-31(4,5)18-9-19-32(27,30)6/h12-13,15-16,20,24,27,29-30,33-35H,8-11,14,17-19,21H2,1-7H3/b22-12+/t24-,27+,29+,30?,32-/m1/s1. The molecule has 3 N–H and O–H groups in total. The lowest BCUT2D eigenvalue weighted by molar-refractivity contribution is -0.0524. The first kappa shape index (κ1) is 32.6. The van der Waals surface area contributed by atoms with E-state index in [1.54, 1.807) is 6.07 Å². The van der Waals surface area contributed by atoms with Gasteiger partial charge in [0.1, 0.15) is 11.5 Å². The summed E-state index contributed by atoms with van der Waals surface area (Å²) < 4.78 is 35.8. The van der Waals surface area contributed by atoms with Crippen LogP contribution in [0.1, 0.15) is 98.5 Å². The summed E-state index contributed by atoms with van der Waals surface area (Å²) in [5.74, 6) is 1.12. The Hall–Kier alpha value is -1.87. The van der Waals surface area contributed by atoms with Crippen LogP contribution in [0.25, 0.3) is 0 Å². The summed E-state index contributed by atoms with van der Waals surface area (Å²) in [6.07, 6.45) is 12.3. The molecule has 0 bridgehead atoms. The molecule has 40 heavy (non-hydrogen) atoms. The molecule has 226 valence electrons. The average Bonchev–Trinajstić information content (AvgIpc) is 2.85. The molecule has 0 radical (unpaired) electrons. The van der Waals surface area contributed by atoms with E-state index in [1.165, 1.54) is 43.2 Å². The average molecular weight is 578 g/mol. The van der Waals surface area contributed by atoms with Crippen molar-refractivity contribution < 1.29 is 27.1 Å². The van der Waals surface area contributed by atoms with E-state index in [1.807, 2.05) is 0 Å². The van der Waals surface area contributed by atoms with E-state index < -0.39 is 16.5 Å². The first-order valence-electron chi connectivity index (χ1n) is 14.8. The predicted octanol–water partition coefficient (Wildman–Crippen LogP) is 7.36. The largest absolute Gasteiger partial charge is 0.508 e. The lowest BCUT2D eigenvalue weighted by Gasteiger charge is -2.57. The summed E-state index contributed by atoms with van der Waals surface area (Å²) in [6.45, 7) is 13.5. The number of fused-ring (bicyclic) bond motifs is 1. The number of nitrogens with one attached hydrogen (secondary N) is 1. The molecular weight excluding hydrogens is 526 g/mol. The van der Waals surface area contributed by atoms with Gasteiger partial charge < -0.3 is 10.2 Å². The van der Waals surface area contributed by atoms with Gasteiger partial charge in [-0.25, -0.2) is 4.18 Å². The highest BCUT2D eigenvalue weighted by molar-refractivity contribution is 7.81. The lowest BCUT2D eigenvalue weighted by Crippen LogP contribution is -2.49. The van der Waals surface area contributed by atoms with Crippen LogP contribution in [0, 0.1) is 28.6 Å². The van der Waals surface area contributed by atoms with E-state index in [4.69, 9.17) is 8.47 Å². The zero-order valence-electron chi connectivity index (χ0n) is 25.5. The smallest absolute Gasteiger partial charge is 0.416 e. The predicted molar refractivity (Wildman–Crippen MR) is 160 cm³/mol. The van der Waals surface area contributed by atoms with Crippen LogP contribution in [0.4, 0.5) is 0 Å². The van der Waals surface area contributed by atoms with Gasteiger partial charge in [0.2, 0.25) is 0 Å². The van der Waals surface area contributed by atoms with Crippen LogP contribution in [-0.4, -0.2) is 31.8 Å². The van der Waals surface area contributed by atoms with Crippen LogP contribution < -0.4 is 5.48 Å². The van der Waals surface area contributed by atoms with Crippen LogP contribution >= 0.6 is 0 Å². The summed E-state index contributed by atoms with van der Waals surface area (Å²) in [6, 6.07) is 4.55. The van der Waals surface area contributed by atoms with Crippen LogP contribution in [0.5, 0.6) is 11.5 Å². The Morgan fingerprint density at radius 2 is 1.95 bits per heavy atom. The lowest BCUT2D eigenvalue weighted by atomic mass is 9.48. The van der Waals surface area contributed by atoms with Crippen molar-refractivity contribution in [2.75, 3.05) is 7.05 Å². The number of phenols is 2. The van der Waals surface area contributed by atoms with Crippen LogP contribution in [0.15, 0.2) is 41.5 Å². The minimum absolute atomic E-state index is 0.00604. The molecule has 2 aliphatic carbocycles. The Morgan fingerprint density at radius 1 is 1.23 bits per heavy atom. The highest BCUT2D eigenvalue weighted by Crippen LogP contribution is 2.60. The maximum Gasteiger partial charge on any atom is 0.416 e. The molecule has 0 saturated heterocycles. The van der Waals surface area contributed by atoms with E-state index in [2.05, 4.69) is 59.2 Å². The van der Waals surface area contributed by atoms with E-state index >= 15 is 0 Å². The van der Waals surface area contributed by atoms with Gasteiger partial charge in [-0.15, -0.1) is 0 Å². The summed E-state index contributed by atoms with van der Waals surface area (Å²) in [5, 5.41) is 19.7. The fourth-order valence-corrected chi connectivity index (χ4v) is 8.29. The Morgan fingerprint density at radius 3 is 2.65 bits per heavy atom. The molecule has 0 spiro atoms. The molecule has 8 heteroatoms.